The summed E-state index contributed by atoms with van der Waals surface area (Å²) in [4.78, 5) is -0.0535. The van der Waals surface area contributed by atoms with Gasteiger partial charge in [0.1, 0.15) is 5.75 Å². The van der Waals surface area contributed by atoms with Crippen molar-refractivity contribution >= 4 is 48.8 Å². The molecule has 1 aromatic rings. The number of anilines is 1. The summed E-state index contributed by atoms with van der Waals surface area (Å²) in [5, 5.41) is 0. The lowest BCUT2D eigenvalue weighted by atomic mass is 10.2. The number of sulfonamides is 1. The van der Waals surface area contributed by atoms with E-state index < -0.39 is 10.0 Å². The molecule has 0 aliphatic carbocycles. The molecule has 0 saturated carbocycles. The molecule has 0 saturated heterocycles. The first-order chi connectivity index (χ1) is 7.30. The molecule has 0 atom stereocenters. The smallest absolute Gasteiger partial charge is 0.239 e. The first-order valence-corrected chi connectivity index (χ1v) is 7.20. The summed E-state index contributed by atoms with van der Waals surface area (Å²) in [5.41, 5.74) is 6.55. The van der Waals surface area contributed by atoms with Crippen molar-refractivity contribution in [2.75, 3.05) is 10.5 Å². The molecule has 0 amide bonds. The second-order valence-electron chi connectivity index (χ2n) is 3.29. The molecule has 0 fully saturated rings. The van der Waals surface area contributed by atoms with Crippen LogP contribution in [0.1, 0.15) is 5.56 Å². The molecule has 1 rings (SSSR count). The normalized spacial score (nSPS) is 11.1. The number of rotatable bonds is 4. The molecule has 16 heavy (non-hydrogen) atoms. The van der Waals surface area contributed by atoms with Crippen molar-refractivity contribution in [2.24, 2.45) is 5.73 Å². The molecule has 7 heteroatoms. The molecule has 4 nitrogen and oxygen atoms in total. The number of thiocarbonyl (C=S) groups is 1. The van der Waals surface area contributed by atoms with E-state index in [4.69, 9.17) is 5.73 Å². The number of aryl methyl sites for hydroxylation is 1. The fourth-order valence-electron chi connectivity index (χ4n) is 1.13. The number of hydrogen-bond donors (Lipinski definition) is 2. The third kappa shape index (κ3) is 4.07. The van der Waals surface area contributed by atoms with Gasteiger partial charge in [-0.1, -0.05) is 28.1 Å². The van der Waals surface area contributed by atoms with Gasteiger partial charge in [0.25, 0.3) is 0 Å². The van der Waals surface area contributed by atoms with Gasteiger partial charge in [0.05, 0.1) is 10.7 Å². The van der Waals surface area contributed by atoms with Crippen LogP contribution < -0.4 is 10.5 Å². The lowest BCUT2D eigenvalue weighted by Crippen LogP contribution is -2.26. The van der Waals surface area contributed by atoms with Gasteiger partial charge >= 0.3 is 0 Å². The highest BCUT2D eigenvalue weighted by Gasteiger charge is 2.13. The van der Waals surface area contributed by atoms with E-state index in [1.165, 1.54) is 0 Å². The van der Waals surface area contributed by atoms with Crippen molar-refractivity contribution in [3.8, 4) is 0 Å². The molecule has 0 aliphatic heterocycles. The highest BCUT2D eigenvalue weighted by Crippen LogP contribution is 2.20. The number of halogens is 1. The minimum absolute atomic E-state index is 0.0535. The molecule has 0 aromatic heterocycles. The third-order valence-electron chi connectivity index (χ3n) is 1.79. The van der Waals surface area contributed by atoms with Crippen molar-refractivity contribution < 1.29 is 8.42 Å². The summed E-state index contributed by atoms with van der Waals surface area (Å²) in [5.74, 6) is -0.349. The Bertz CT molecular complexity index is 514. The molecule has 0 heterocycles. The molecule has 0 bridgehead atoms. The van der Waals surface area contributed by atoms with Gasteiger partial charge in [-0.15, -0.1) is 0 Å². The van der Waals surface area contributed by atoms with Gasteiger partial charge in [0.15, 0.2) is 0 Å². The fraction of sp³-hybridized carbons (Fsp3) is 0.222. The van der Waals surface area contributed by atoms with E-state index >= 15 is 0 Å². The van der Waals surface area contributed by atoms with Gasteiger partial charge in [-0.3, -0.25) is 4.72 Å². The largest absolute Gasteiger partial charge is 0.392 e. The van der Waals surface area contributed by atoms with Gasteiger partial charge in [-0.2, -0.15) is 0 Å². The second kappa shape index (κ2) is 5.11. The number of hydrogen-bond acceptors (Lipinski definition) is 3. The molecule has 0 radical (unpaired) electrons. The van der Waals surface area contributed by atoms with Crippen LogP contribution in [0, 0.1) is 6.92 Å². The molecular formula is C9H11BrN2O2S2. The average molecular weight is 323 g/mol. The summed E-state index contributed by atoms with van der Waals surface area (Å²) in [6.45, 7) is 1.81. The highest BCUT2D eigenvalue weighted by molar-refractivity contribution is 9.10. The fourth-order valence-corrected chi connectivity index (χ4v) is 3.08. The Labute approximate surface area is 108 Å². The Kier molecular flexibility index (Phi) is 4.28. The van der Waals surface area contributed by atoms with Crippen LogP contribution in [0.25, 0.3) is 0 Å². The first-order valence-electron chi connectivity index (χ1n) is 4.35. The Morgan fingerprint density at radius 3 is 2.69 bits per heavy atom. The van der Waals surface area contributed by atoms with Gasteiger partial charge in [-0.25, -0.2) is 8.42 Å². The quantitative estimate of drug-likeness (QED) is 0.829. The van der Waals surface area contributed by atoms with E-state index in [2.05, 4.69) is 32.9 Å². The number of nitrogens with one attached hydrogen (secondary N) is 1. The third-order valence-corrected chi connectivity index (χ3v) is 3.83. The maximum atomic E-state index is 11.6. The standard InChI is InChI=1S/C9H11BrN2O2S2/c1-6-4-7(10)2-3-8(6)12-16(13,14)5-9(11)15/h2-4,12H,5H2,1H3,(H2,11,15). The van der Waals surface area contributed by atoms with Gasteiger partial charge in [0, 0.05) is 4.47 Å². The molecule has 0 spiro atoms. The van der Waals surface area contributed by atoms with E-state index in [1.54, 1.807) is 12.1 Å². The molecule has 1 aromatic carbocycles. The monoisotopic (exact) mass is 322 g/mol. The Balaban J connectivity index is 2.92. The van der Waals surface area contributed by atoms with E-state index in [0.717, 1.165) is 10.0 Å². The van der Waals surface area contributed by atoms with Crippen LogP contribution in [0.5, 0.6) is 0 Å². The number of nitrogens with two attached hydrogens (primary N) is 1. The lowest BCUT2D eigenvalue weighted by Gasteiger charge is -2.10. The lowest BCUT2D eigenvalue weighted by molar-refractivity contribution is 0.605. The summed E-state index contributed by atoms with van der Waals surface area (Å²) in [7, 11) is -3.50. The highest BCUT2D eigenvalue weighted by atomic mass is 79.9. The Morgan fingerprint density at radius 2 is 2.19 bits per heavy atom. The van der Waals surface area contributed by atoms with Crippen LogP contribution in [0.4, 0.5) is 5.69 Å². The van der Waals surface area contributed by atoms with Crippen LogP contribution in [0.3, 0.4) is 0 Å². The van der Waals surface area contributed by atoms with Crippen LogP contribution in [0.2, 0.25) is 0 Å². The molecule has 0 unspecified atom stereocenters. The summed E-state index contributed by atoms with van der Waals surface area (Å²) in [6.07, 6.45) is 0. The maximum Gasteiger partial charge on any atom is 0.239 e. The zero-order chi connectivity index (χ0) is 12.3. The van der Waals surface area contributed by atoms with Crippen molar-refractivity contribution in [3.05, 3.63) is 28.2 Å². The summed E-state index contributed by atoms with van der Waals surface area (Å²) < 4.78 is 26.4. The van der Waals surface area contributed by atoms with Crippen molar-refractivity contribution in [2.45, 2.75) is 6.92 Å². The van der Waals surface area contributed by atoms with Crippen LogP contribution >= 0.6 is 28.1 Å². The predicted octanol–water partition coefficient (Wildman–Crippen LogP) is 1.79. The van der Waals surface area contributed by atoms with Crippen molar-refractivity contribution in [3.63, 3.8) is 0 Å². The maximum absolute atomic E-state index is 11.6. The SMILES string of the molecule is Cc1cc(Br)ccc1NS(=O)(=O)CC(N)=S. The predicted molar refractivity (Wildman–Crippen MR) is 73.1 cm³/mol. The van der Waals surface area contributed by atoms with Crippen molar-refractivity contribution in [1.82, 2.24) is 0 Å². The van der Waals surface area contributed by atoms with Crippen molar-refractivity contribution in [1.29, 1.82) is 0 Å². The van der Waals surface area contributed by atoms with Gasteiger partial charge in [-0.05, 0) is 30.7 Å². The van der Waals surface area contributed by atoms with E-state index in [0.29, 0.717) is 5.69 Å². The van der Waals surface area contributed by atoms with E-state index in [9.17, 15) is 8.42 Å². The Morgan fingerprint density at radius 1 is 1.56 bits per heavy atom. The van der Waals surface area contributed by atoms with Crippen LogP contribution in [-0.2, 0) is 10.0 Å². The van der Waals surface area contributed by atoms with Gasteiger partial charge < -0.3 is 5.73 Å². The topological polar surface area (TPSA) is 72.2 Å². The van der Waals surface area contributed by atoms with Crippen LogP contribution in [-0.4, -0.2) is 19.2 Å². The minimum Gasteiger partial charge on any atom is -0.392 e. The first kappa shape index (κ1) is 13.4. The zero-order valence-corrected chi connectivity index (χ0v) is 11.7. The van der Waals surface area contributed by atoms with E-state index in [-0.39, 0.29) is 10.7 Å². The molecule has 3 N–H and O–H groups in total. The summed E-state index contributed by atoms with van der Waals surface area (Å²) >= 11 is 7.86. The van der Waals surface area contributed by atoms with E-state index in [1.807, 2.05) is 13.0 Å². The Hall–Kier alpha value is -0.660. The minimum atomic E-state index is -3.50. The molecular weight excluding hydrogens is 312 g/mol. The molecule has 88 valence electrons. The summed E-state index contributed by atoms with van der Waals surface area (Å²) in [6, 6.07) is 5.25. The van der Waals surface area contributed by atoms with Gasteiger partial charge in [0.2, 0.25) is 10.0 Å². The second-order valence-corrected chi connectivity index (χ2v) is 6.45. The van der Waals surface area contributed by atoms with Crippen LogP contribution in [0.15, 0.2) is 22.7 Å². The zero-order valence-electron chi connectivity index (χ0n) is 8.53. The average Bonchev–Trinajstić information content (AvgIpc) is 2.07. The number of benzene rings is 1. The molecule has 0 aliphatic rings.